The number of aromatic amines is 1. The number of nitrogens with one attached hydrogen (secondary N) is 1. The van der Waals surface area contributed by atoms with Gasteiger partial charge in [0.15, 0.2) is 5.03 Å². The number of imidazole rings is 1. The Hall–Kier alpha value is -3.52. The minimum Gasteiger partial charge on any atom is -0.367 e. The lowest BCUT2D eigenvalue weighted by molar-refractivity contribution is 0.0761. The summed E-state index contributed by atoms with van der Waals surface area (Å²) in [5.41, 5.74) is 1.67. The predicted molar refractivity (Wildman–Crippen MR) is 152 cm³/mol. The van der Waals surface area contributed by atoms with E-state index < -0.39 is 9.84 Å². The normalized spacial score (nSPS) is 22.9. The van der Waals surface area contributed by atoms with E-state index in [4.69, 9.17) is 9.72 Å². The molecule has 0 spiro atoms. The molecule has 1 N–H and O–H groups in total. The maximum absolute atomic E-state index is 13.9. The van der Waals surface area contributed by atoms with Crippen molar-refractivity contribution >= 4 is 31.9 Å². The quantitative estimate of drug-likeness (QED) is 0.290. The first-order valence-electron chi connectivity index (χ1n) is 14.0. The van der Waals surface area contributed by atoms with Gasteiger partial charge < -0.3 is 14.3 Å². The number of hydrogen-bond donors (Lipinski definition) is 1. The van der Waals surface area contributed by atoms with Crippen LogP contribution < -0.4 is 0 Å². The minimum absolute atomic E-state index is 0.0483. The van der Waals surface area contributed by atoms with Crippen molar-refractivity contribution in [2.75, 3.05) is 19.7 Å². The van der Waals surface area contributed by atoms with Crippen molar-refractivity contribution < 1.29 is 13.2 Å². The molecule has 1 aromatic carbocycles. The third-order valence-corrected chi connectivity index (χ3v) is 10.1. The Morgan fingerprint density at radius 1 is 1.15 bits per heavy atom. The number of nitriles is 1. The summed E-state index contributed by atoms with van der Waals surface area (Å²) in [7, 11) is -3.94. The molecule has 3 aromatic heterocycles. The van der Waals surface area contributed by atoms with E-state index in [2.05, 4.69) is 32.1 Å². The molecule has 1 saturated heterocycles. The third-order valence-electron chi connectivity index (χ3n) is 8.42. The van der Waals surface area contributed by atoms with E-state index in [9.17, 15) is 13.7 Å². The number of nitrogens with zero attached hydrogens (tertiary/aromatic N) is 5. The highest BCUT2D eigenvalue weighted by Crippen LogP contribution is 2.41. The van der Waals surface area contributed by atoms with Crippen LogP contribution in [0.1, 0.15) is 57.0 Å². The first-order valence-corrected chi connectivity index (χ1v) is 15.5. The Morgan fingerprint density at radius 2 is 1.90 bits per heavy atom. The van der Waals surface area contributed by atoms with Crippen LogP contribution in [-0.4, -0.2) is 58.6 Å². The number of pyridine rings is 1. The lowest BCUT2D eigenvalue weighted by atomic mass is 9.89. The van der Waals surface area contributed by atoms with Gasteiger partial charge in [-0.2, -0.15) is 5.26 Å². The fourth-order valence-corrected chi connectivity index (χ4v) is 7.75. The largest absolute Gasteiger partial charge is 0.367 e. The van der Waals surface area contributed by atoms with E-state index in [-0.39, 0.29) is 28.0 Å². The fraction of sp³-hybridized carbons (Fsp3) is 0.433. The average Bonchev–Trinajstić information content (AvgIpc) is 3.74. The second kappa shape index (κ2) is 10.8. The van der Waals surface area contributed by atoms with Crippen LogP contribution in [0.4, 0.5) is 0 Å². The Morgan fingerprint density at radius 3 is 2.60 bits per heavy atom. The molecule has 10 heteroatoms. The summed E-state index contributed by atoms with van der Waals surface area (Å²) in [5.74, 6) is 0.829. The van der Waals surface area contributed by atoms with E-state index in [1.807, 2.05) is 13.0 Å². The Kier molecular flexibility index (Phi) is 7.21. The van der Waals surface area contributed by atoms with Crippen LogP contribution >= 0.6 is 0 Å². The summed E-state index contributed by atoms with van der Waals surface area (Å²) in [4.78, 5) is 15.4. The molecule has 1 unspecified atom stereocenters. The Balaban J connectivity index is 1.47. The molecule has 9 nitrogen and oxygen atoms in total. The van der Waals surface area contributed by atoms with Crippen LogP contribution in [0.5, 0.6) is 0 Å². The van der Waals surface area contributed by atoms with Gasteiger partial charge in [-0.15, -0.1) is 6.58 Å². The average molecular weight is 559 g/mol. The highest BCUT2D eigenvalue weighted by Gasteiger charge is 2.35. The lowest BCUT2D eigenvalue weighted by Gasteiger charge is -2.36. The molecule has 40 heavy (non-hydrogen) atoms. The van der Waals surface area contributed by atoms with Gasteiger partial charge in [-0.25, -0.2) is 18.4 Å². The van der Waals surface area contributed by atoms with Crippen molar-refractivity contribution in [2.24, 2.45) is 5.92 Å². The number of fused-ring (bicyclic) bond motifs is 3. The summed E-state index contributed by atoms with van der Waals surface area (Å²) >= 11 is 0. The highest BCUT2D eigenvalue weighted by atomic mass is 32.2. The summed E-state index contributed by atoms with van der Waals surface area (Å²) in [6.45, 7) is 7.93. The van der Waals surface area contributed by atoms with Crippen LogP contribution in [0.15, 0.2) is 65.2 Å². The molecule has 2 fully saturated rings. The molecule has 4 aromatic rings. The maximum atomic E-state index is 13.9. The number of ether oxygens (including phenoxy) is 1. The summed E-state index contributed by atoms with van der Waals surface area (Å²) in [6, 6.07) is 13.4. The van der Waals surface area contributed by atoms with Crippen molar-refractivity contribution in [3.05, 3.63) is 61.1 Å². The minimum atomic E-state index is -3.94. The Bertz CT molecular complexity index is 1680. The van der Waals surface area contributed by atoms with Crippen molar-refractivity contribution in [3.8, 4) is 6.07 Å². The van der Waals surface area contributed by atoms with E-state index in [1.165, 1.54) is 0 Å². The molecule has 0 radical (unpaired) electrons. The molecular formula is C30H34N6O3S. The van der Waals surface area contributed by atoms with Crippen LogP contribution in [0.2, 0.25) is 0 Å². The second-order valence-corrected chi connectivity index (χ2v) is 12.7. The van der Waals surface area contributed by atoms with Gasteiger partial charge in [0, 0.05) is 30.2 Å². The molecule has 2 atom stereocenters. The van der Waals surface area contributed by atoms with E-state index in [0.717, 1.165) is 56.1 Å². The van der Waals surface area contributed by atoms with E-state index in [0.29, 0.717) is 29.6 Å². The van der Waals surface area contributed by atoms with Gasteiger partial charge in [-0.1, -0.05) is 24.3 Å². The number of H-pyrrole nitrogens is 1. The molecule has 1 saturated carbocycles. The van der Waals surface area contributed by atoms with Crippen LogP contribution in [0, 0.1) is 17.2 Å². The Labute approximate surface area is 234 Å². The number of sulfone groups is 1. The van der Waals surface area contributed by atoms with E-state index in [1.54, 1.807) is 42.6 Å². The van der Waals surface area contributed by atoms with Gasteiger partial charge in [0.1, 0.15) is 23.1 Å². The molecule has 208 valence electrons. The number of likely N-dealkylation sites (tertiary alicyclic amines) is 1. The molecule has 6 rings (SSSR count). The van der Waals surface area contributed by atoms with Gasteiger partial charge in [0.2, 0.25) is 9.84 Å². The van der Waals surface area contributed by atoms with E-state index >= 15 is 0 Å². The summed E-state index contributed by atoms with van der Waals surface area (Å²) in [6.07, 6.45) is 7.96. The zero-order valence-corrected chi connectivity index (χ0v) is 23.5. The van der Waals surface area contributed by atoms with Gasteiger partial charge >= 0.3 is 0 Å². The zero-order valence-electron chi connectivity index (χ0n) is 22.7. The first-order chi connectivity index (χ1) is 19.4. The smallest absolute Gasteiger partial charge is 0.226 e. The van der Waals surface area contributed by atoms with Gasteiger partial charge in [-0.05, 0) is 63.8 Å². The predicted octanol–water partition coefficient (Wildman–Crippen LogP) is 5.34. The number of rotatable bonds is 8. The SMILES string of the molecule is C=CCO[C@H](C)c1nc2c(S(=O)(=O)c3ccccc3)nc3[nH]ccc3c2n1C1CCC(N2CCC(C#N)C2)CC1. The monoisotopic (exact) mass is 558 g/mol. The van der Waals surface area contributed by atoms with Gasteiger partial charge in [0.25, 0.3) is 0 Å². The molecule has 0 amide bonds. The number of aromatic nitrogens is 4. The lowest BCUT2D eigenvalue weighted by Crippen LogP contribution is -2.37. The van der Waals surface area contributed by atoms with Crippen LogP contribution in [-0.2, 0) is 14.6 Å². The zero-order chi connectivity index (χ0) is 27.9. The molecule has 1 aliphatic carbocycles. The van der Waals surface area contributed by atoms with Crippen molar-refractivity contribution in [1.29, 1.82) is 5.26 Å². The maximum Gasteiger partial charge on any atom is 0.226 e. The van der Waals surface area contributed by atoms with Crippen molar-refractivity contribution in [1.82, 2.24) is 24.4 Å². The third kappa shape index (κ3) is 4.62. The van der Waals surface area contributed by atoms with Crippen LogP contribution in [0.25, 0.3) is 22.1 Å². The number of hydrogen-bond acceptors (Lipinski definition) is 7. The standard InChI is InChI=1S/C30H34N6O3S/c1-3-17-39-20(2)29-33-26-27(36(29)23-11-9-22(10-12-23)35-16-14-21(18-31)19-35)25-13-15-32-28(25)34-30(26)40(37,38)24-7-5-4-6-8-24/h3-8,13,15,20-23H,1,9-12,14,16-17,19H2,2H3,(H,32,34)/t20-,21?,22?,23?/m1/s1. The fourth-order valence-electron chi connectivity index (χ4n) is 6.40. The molecule has 2 aliphatic rings. The molecule has 0 bridgehead atoms. The first kappa shape index (κ1) is 26.7. The second-order valence-electron chi connectivity index (χ2n) is 10.8. The van der Waals surface area contributed by atoms with Crippen LogP contribution in [0.3, 0.4) is 0 Å². The van der Waals surface area contributed by atoms with Gasteiger partial charge in [-0.3, -0.25) is 4.90 Å². The topological polar surface area (TPSA) is 117 Å². The molecular weight excluding hydrogens is 524 g/mol. The van der Waals surface area contributed by atoms with Crippen molar-refractivity contribution in [3.63, 3.8) is 0 Å². The van der Waals surface area contributed by atoms with Gasteiger partial charge in [0.05, 0.1) is 29.0 Å². The molecule has 4 heterocycles. The summed E-state index contributed by atoms with van der Waals surface area (Å²) < 4.78 is 36.1. The summed E-state index contributed by atoms with van der Waals surface area (Å²) in [5, 5.41) is 10.2. The number of benzene rings is 1. The highest BCUT2D eigenvalue weighted by molar-refractivity contribution is 7.91. The molecule has 1 aliphatic heterocycles. The van der Waals surface area contributed by atoms with Crippen molar-refractivity contribution in [2.45, 2.75) is 67.1 Å².